The molecule has 1 amide bonds. The first-order valence-corrected chi connectivity index (χ1v) is 16.3. The smallest absolute Gasteiger partial charge is 0.237 e. The standard InChI is InChI=1S/C33H34FN5O5S/c1-5-38(6-2)31(40)19-45(42,43)18-25-15-23-14-24(13-22(23)11-20(25)3)32(41)26-16-37-39(33(26)35)28-17-36-30(12-21(28)4)44-29-10-8-7-9-27(29)34/h7-13,15-17H,5-6,14,18-19,35H2,1-4H3. The van der Waals surface area contributed by atoms with E-state index in [-0.39, 0.29) is 34.5 Å². The zero-order chi connectivity index (χ0) is 32.5. The summed E-state index contributed by atoms with van der Waals surface area (Å²) >= 11 is 0. The van der Waals surface area contributed by atoms with Gasteiger partial charge in [-0.1, -0.05) is 24.3 Å². The second-order valence-electron chi connectivity index (χ2n) is 10.9. The third-order valence-corrected chi connectivity index (χ3v) is 9.26. The first-order chi connectivity index (χ1) is 21.4. The van der Waals surface area contributed by atoms with Gasteiger partial charge in [-0.3, -0.25) is 9.59 Å². The van der Waals surface area contributed by atoms with Crippen molar-refractivity contribution in [3.05, 3.63) is 99.6 Å². The average molecular weight is 632 g/mol. The molecule has 0 radical (unpaired) electrons. The van der Waals surface area contributed by atoms with E-state index in [9.17, 15) is 22.4 Å². The molecule has 0 saturated heterocycles. The van der Waals surface area contributed by atoms with Crippen LogP contribution >= 0.6 is 0 Å². The predicted molar refractivity (Wildman–Crippen MR) is 170 cm³/mol. The van der Waals surface area contributed by atoms with Crippen molar-refractivity contribution in [1.29, 1.82) is 0 Å². The second-order valence-corrected chi connectivity index (χ2v) is 13.0. The molecule has 0 bridgehead atoms. The molecule has 2 N–H and O–H groups in total. The molecule has 45 heavy (non-hydrogen) atoms. The van der Waals surface area contributed by atoms with Gasteiger partial charge in [0.1, 0.15) is 11.6 Å². The zero-order valence-corrected chi connectivity index (χ0v) is 26.3. The van der Waals surface area contributed by atoms with E-state index in [4.69, 9.17) is 10.5 Å². The molecule has 0 aliphatic heterocycles. The van der Waals surface area contributed by atoms with Gasteiger partial charge in [-0.05, 0) is 73.7 Å². The number of amides is 1. The van der Waals surface area contributed by atoms with Crippen LogP contribution in [0.1, 0.15) is 52.0 Å². The van der Waals surface area contributed by atoms with E-state index in [1.165, 1.54) is 34.1 Å². The van der Waals surface area contributed by atoms with E-state index >= 15 is 0 Å². The number of rotatable bonds is 11. The van der Waals surface area contributed by atoms with Crippen molar-refractivity contribution in [3.8, 4) is 17.3 Å². The molecule has 0 saturated carbocycles. The fraction of sp³-hybridized carbons (Fsp3) is 0.273. The van der Waals surface area contributed by atoms with Gasteiger partial charge in [0.25, 0.3) is 0 Å². The monoisotopic (exact) mass is 631 g/mol. The predicted octanol–water partition coefficient (Wildman–Crippen LogP) is 5.00. The van der Waals surface area contributed by atoms with Crippen LogP contribution in [0, 0.1) is 19.7 Å². The SMILES string of the molecule is CCN(CC)C(=O)CS(=O)(=O)Cc1cc2c(cc1C)C=C(C(=O)c1cnn(-c3cnc(Oc4ccccc4F)cc3C)c1N)C2. The van der Waals surface area contributed by atoms with Crippen LogP contribution in [0.3, 0.4) is 0 Å². The first kappa shape index (κ1) is 31.6. The maximum Gasteiger partial charge on any atom is 0.237 e. The summed E-state index contributed by atoms with van der Waals surface area (Å²) < 4.78 is 46.8. The molecule has 2 heterocycles. The van der Waals surface area contributed by atoms with Crippen molar-refractivity contribution in [1.82, 2.24) is 19.7 Å². The number of benzene rings is 2. The lowest BCUT2D eigenvalue weighted by Gasteiger charge is -2.18. The number of ether oxygens (including phenoxy) is 1. The number of nitrogens with two attached hydrogens (primary N) is 1. The number of carbonyl (C=O) groups is 2. The highest BCUT2D eigenvalue weighted by molar-refractivity contribution is 7.91. The Balaban J connectivity index is 1.31. The van der Waals surface area contributed by atoms with Crippen molar-refractivity contribution in [2.75, 3.05) is 24.6 Å². The highest BCUT2D eigenvalue weighted by Gasteiger charge is 2.27. The molecule has 0 spiro atoms. The number of halogens is 1. The summed E-state index contributed by atoms with van der Waals surface area (Å²) in [5.74, 6) is -1.67. The van der Waals surface area contributed by atoms with Crippen molar-refractivity contribution < 1.29 is 27.1 Å². The van der Waals surface area contributed by atoms with E-state index in [1.807, 2.05) is 26.8 Å². The van der Waals surface area contributed by atoms with Gasteiger partial charge >= 0.3 is 0 Å². The molecule has 1 aliphatic rings. The fourth-order valence-corrected chi connectivity index (χ4v) is 6.79. The van der Waals surface area contributed by atoms with Gasteiger partial charge in [0.05, 0.1) is 29.4 Å². The second kappa shape index (κ2) is 12.6. The number of para-hydroxylation sites is 1. The van der Waals surface area contributed by atoms with Gasteiger partial charge in [-0.2, -0.15) is 5.10 Å². The Hall–Kier alpha value is -4.84. The van der Waals surface area contributed by atoms with E-state index in [2.05, 4.69) is 10.1 Å². The number of aryl methyl sites for hydroxylation is 2. The molecule has 12 heteroatoms. The number of allylic oxidation sites excluding steroid dienone is 1. The van der Waals surface area contributed by atoms with E-state index in [0.717, 1.165) is 16.7 Å². The summed E-state index contributed by atoms with van der Waals surface area (Å²) in [4.78, 5) is 31.8. The van der Waals surface area contributed by atoms with Crippen LogP contribution in [0.5, 0.6) is 11.6 Å². The number of fused-ring (bicyclic) bond motifs is 1. The van der Waals surface area contributed by atoms with Gasteiger partial charge in [-0.15, -0.1) is 0 Å². The van der Waals surface area contributed by atoms with Gasteiger partial charge in [0.2, 0.25) is 11.8 Å². The summed E-state index contributed by atoms with van der Waals surface area (Å²) in [6.45, 7) is 8.13. The normalized spacial score (nSPS) is 12.5. The van der Waals surface area contributed by atoms with Crippen LogP contribution in [0.2, 0.25) is 0 Å². The fourth-order valence-electron chi connectivity index (χ4n) is 5.34. The minimum absolute atomic E-state index is 0.0452. The molecule has 234 valence electrons. The number of nitrogens with zero attached hydrogens (tertiary/aromatic N) is 4. The molecular weight excluding hydrogens is 597 g/mol. The van der Waals surface area contributed by atoms with Crippen molar-refractivity contribution >= 4 is 33.4 Å². The van der Waals surface area contributed by atoms with Gasteiger partial charge in [0.15, 0.2) is 27.2 Å². The molecule has 5 rings (SSSR count). The summed E-state index contributed by atoms with van der Waals surface area (Å²) in [6, 6.07) is 11.3. The largest absolute Gasteiger partial charge is 0.436 e. The Labute approximate surface area is 261 Å². The van der Waals surface area contributed by atoms with E-state index < -0.39 is 27.3 Å². The average Bonchev–Trinajstić information content (AvgIpc) is 3.57. The number of anilines is 1. The lowest BCUT2D eigenvalue weighted by atomic mass is 10.0. The Morgan fingerprint density at radius 2 is 1.80 bits per heavy atom. The molecule has 4 aromatic rings. The lowest BCUT2D eigenvalue weighted by Crippen LogP contribution is -2.35. The van der Waals surface area contributed by atoms with E-state index in [1.54, 1.807) is 37.3 Å². The number of aromatic nitrogens is 3. The third kappa shape index (κ3) is 6.65. The summed E-state index contributed by atoms with van der Waals surface area (Å²) in [7, 11) is -3.70. The Morgan fingerprint density at radius 1 is 1.07 bits per heavy atom. The number of Topliss-reactive ketones (excluding diaryl/α,β-unsaturated/α-hetero) is 1. The first-order valence-electron chi connectivity index (χ1n) is 14.5. The summed E-state index contributed by atoms with van der Waals surface area (Å²) in [6.07, 6.45) is 4.97. The number of sulfone groups is 1. The Morgan fingerprint density at radius 3 is 2.49 bits per heavy atom. The lowest BCUT2D eigenvalue weighted by molar-refractivity contribution is -0.128. The number of hydrogen-bond donors (Lipinski definition) is 1. The molecular formula is C33H34FN5O5S. The minimum Gasteiger partial charge on any atom is -0.436 e. The number of ketones is 1. The minimum atomic E-state index is -3.70. The number of carbonyl (C=O) groups excluding carboxylic acids is 2. The van der Waals surface area contributed by atoms with Crippen LogP contribution in [-0.2, 0) is 26.8 Å². The van der Waals surface area contributed by atoms with Gasteiger partial charge in [-0.25, -0.2) is 22.5 Å². The number of hydrogen-bond acceptors (Lipinski definition) is 8. The molecule has 10 nitrogen and oxygen atoms in total. The number of nitrogen functional groups attached to an aromatic ring is 1. The van der Waals surface area contributed by atoms with Crippen LogP contribution in [0.25, 0.3) is 11.8 Å². The maximum absolute atomic E-state index is 14.0. The maximum atomic E-state index is 14.0. The van der Waals surface area contributed by atoms with Crippen LogP contribution in [0.15, 0.2) is 60.4 Å². The van der Waals surface area contributed by atoms with Crippen LogP contribution in [0.4, 0.5) is 10.2 Å². The third-order valence-electron chi connectivity index (χ3n) is 7.82. The zero-order valence-electron chi connectivity index (χ0n) is 25.5. The molecule has 0 fully saturated rings. The summed E-state index contributed by atoms with van der Waals surface area (Å²) in [5.41, 5.74) is 11.3. The van der Waals surface area contributed by atoms with Crippen molar-refractivity contribution in [2.24, 2.45) is 0 Å². The summed E-state index contributed by atoms with van der Waals surface area (Å²) in [5, 5.41) is 4.34. The van der Waals surface area contributed by atoms with Gasteiger partial charge in [0, 0.05) is 31.1 Å². The van der Waals surface area contributed by atoms with E-state index in [0.29, 0.717) is 41.9 Å². The molecule has 1 aliphatic carbocycles. The van der Waals surface area contributed by atoms with Crippen LogP contribution < -0.4 is 10.5 Å². The quantitative estimate of drug-likeness (QED) is 0.228. The molecule has 0 unspecified atom stereocenters. The Kier molecular flexibility index (Phi) is 8.87. The molecule has 2 aromatic carbocycles. The van der Waals surface area contributed by atoms with Crippen LogP contribution in [-0.4, -0.2) is 58.6 Å². The highest BCUT2D eigenvalue weighted by Crippen LogP contribution is 2.32. The topological polar surface area (TPSA) is 137 Å². The molecule has 0 atom stereocenters. The highest BCUT2D eigenvalue weighted by atomic mass is 32.2. The molecule has 2 aromatic heterocycles. The number of pyridine rings is 1. The van der Waals surface area contributed by atoms with Crippen molar-refractivity contribution in [2.45, 2.75) is 39.9 Å². The van der Waals surface area contributed by atoms with Gasteiger partial charge < -0.3 is 15.4 Å². The Bertz CT molecular complexity index is 1950. The van der Waals surface area contributed by atoms with Crippen molar-refractivity contribution in [3.63, 3.8) is 0 Å².